The first-order valence-corrected chi connectivity index (χ1v) is 12.0. The van der Waals surface area contributed by atoms with E-state index in [1.54, 1.807) is 24.5 Å². The predicted molar refractivity (Wildman–Crippen MR) is 138 cm³/mol. The van der Waals surface area contributed by atoms with Gasteiger partial charge in [0.05, 0.1) is 22.9 Å². The summed E-state index contributed by atoms with van der Waals surface area (Å²) in [5.41, 5.74) is 3.06. The van der Waals surface area contributed by atoms with Crippen molar-refractivity contribution in [2.75, 3.05) is 0 Å². The fraction of sp³-hybridized carbons (Fsp3) is 0.0741. The van der Waals surface area contributed by atoms with Crippen molar-refractivity contribution in [2.45, 2.75) is 12.5 Å². The molecule has 0 saturated heterocycles. The molecule has 3 heterocycles. The third kappa shape index (κ3) is 3.95. The summed E-state index contributed by atoms with van der Waals surface area (Å²) < 4.78 is 5.37. The van der Waals surface area contributed by atoms with E-state index < -0.39 is 0 Å². The summed E-state index contributed by atoms with van der Waals surface area (Å²) in [4.78, 5) is 17.5. The van der Waals surface area contributed by atoms with Gasteiger partial charge in [-0.05, 0) is 64.0 Å². The molecule has 1 atom stereocenters. The molecule has 5 nitrogen and oxygen atoms in total. The second-order valence-electron chi connectivity index (χ2n) is 8.05. The van der Waals surface area contributed by atoms with Crippen LogP contribution in [0.15, 0.2) is 105 Å². The van der Waals surface area contributed by atoms with Gasteiger partial charge in [-0.15, -0.1) is 0 Å². The predicted octanol–water partition coefficient (Wildman–Crippen LogP) is 6.91. The Balaban J connectivity index is 1.37. The Morgan fingerprint density at radius 1 is 1.00 bits per heavy atom. The summed E-state index contributed by atoms with van der Waals surface area (Å²) >= 11 is 7.45. The van der Waals surface area contributed by atoms with Gasteiger partial charge in [0.2, 0.25) is 0 Å². The van der Waals surface area contributed by atoms with Crippen LogP contribution < -0.4 is 0 Å². The average molecular weight is 484 g/mol. The molecule has 1 unspecified atom stereocenters. The summed E-state index contributed by atoms with van der Waals surface area (Å²) in [6.07, 6.45) is 3.98. The van der Waals surface area contributed by atoms with Crippen molar-refractivity contribution < 1.29 is 9.21 Å². The minimum atomic E-state index is -0.291. The van der Waals surface area contributed by atoms with E-state index in [0.29, 0.717) is 27.3 Å². The number of hydrazone groups is 1. The Morgan fingerprint density at radius 2 is 1.82 bits per heavy atom. The number of carbonyl (C=O) groups is 1. The molecule has 0 radical (unpaired) electrons. The third-order valence-electron chi connectivity index (χ3n) is 5.87. The SMILES string of the molecule is O=C1N=C(N2N=C(c3ccc4ccccc4c3)CC2c2ccc(Cl)cc2)S/C1=C\c1ccco1. The molecule has 0 spiro atoms. The lowest BCUT2D eigenvalue weighted by molar-refractivity contribution is -0.113. The standard InChI is InChI=1S/C27H18ClN3O2S/c28-21-11-9-18(10-12-21)24-16-23(20-8-7-17-4-1-2-5-19(17)14-20)30-31(24)27-29-26(32)25(34-27)15-22-6-3-13-33-22/h1-15,24H,16H2/b25-15-. The van der Waals surface area contributed by atoms with Crippen molar-refractivity contribution in [3.05, 3.63) is 112 Å². The number of amidine groups is 1. The van der Waals surface area contributed by atoms with Gasteiger partial charge in [-0.2, -0.15) is 10.1 Å². The lowest BCUT2D eigenvalue weighted by Crippen LogP contribution is -2.23. The summed E-state index contributed by atoms with van der Waals surface area (Å²) in [6.45, 7) is 0. The number of rotatable bonds is 3. The minimum absolute atomic E-state index is 0.0965. The van der Waals surface area contributed by atoms with E-state index in [-0.39, 0.29) is 11.9 Å². The molecule has 0 fully saturated rings. The third-order valence-corrected chi connectivity index (χ3v) is 7.09. The molecule has 0 N–H and O–H groups in total. The van der Waals surface area contributed by atoms with Crippen molar-refractivity contribution in [3.63, 3.8) is 0 Å². The second-order valence-corrected chi connectivity index (χ2v) is 9.50. The van der Waals surface area contributed by atoms with Crippen molar-refractivity contribution >= 4 is 57.0 Å². The molecule has 6 rings (SSSR count). The van der Waals surface area contributed by atoms with Crippen LogP contribution in [-0.2, 0) is 4.79 Å². The van der Waals surface area contributed by atoms with Gasteiger partial charge in [0, 0.05) is 17.5 Å². The number of halogens is 1. The number of aliphatic imine (C=N–C) groups is 1. The monoisotopic (exact) mass is 483 g/mol. The maximum Gasteiger partial charge on any atom is 0.286 e. The highest BCUT2D eigenvalue weighted by Crippen LogP contribution is 2.40. The van der Waals surface area contributed by atoms with Gasteiger partial charge in [0.15, 0.2) is 5.17 Å². The number of thioether (sulfide) groups is 1. The molecule has 166 valence electrons. The molecular weight excluding hydrogens is 466 g/mol. The molecule has 2 aliphatic rings. The van der Waals surface area contributed by atoms with Crippen LogP contribution in [0.3, 0.4) is 0 Å². The smallest absolute Gasteiger partial charge is 0.286 e. The number of carbonyl (C=O) groups excluding carboxylic acids is 1. The zero-order valence-corrected chi connectivity index (χ0v) is 19.5. The van der Waals surface area contributed by atoms with E-state index in [0.717, 1.165) is 22.2 Å². The highest BCUT2D eigenvalue weighted by molar-refractivity contribution is 8.18. The Labute approximate surface area is 205 Å². The molecule has 1 aromatic heterocycles. The summed E-state index contributed by atoms with van der Waals surface area (Å²) in [7, 11) is 0. The van der Waals surface area contributed by atoms with Crippen LogP contribution in [0.2, 0.25) is 5.02 Å². The molecule has 0 aliphatic carbocycles. The van der Waals surface area contributed by atoms with Crippen molar-refractivity contribution in [1.29, 1.82) is 0 Å². The van der Waals surface area contributed by atoms with Gasteiger partial charge >= 0.3 is 0 Å². The first-order valence-electron chi connectivity index (χ1n) is 10.8. The number of hydrogen-bond donors (Lipinski definition) is 0. The van der Waals surface area contributed by atoms with E-state index in [4.69, 9.17) is 21.1 Å². The summed E-state index contributed by atoms with van der Waals surface area (Å²) in [6, 6.07) is 25.9. The summed E-state index contributed by atoms with van der Waals surface area (Å²) in [5.74, 6) is 0.323. The van der Waals surface area contributed by atoms with Gasteiger partial charge in [-0.25, -0.2) is 5.01 Å². The van der Waals surface area contributed by atoms with E-state index in [2.05, 4.69) is 35.3 Å². The van der Waals surface area contributed by atoms with Gasteiger partial charge in [-0.1, -0.05) is 60.1 Å². The largest absolute Gasteiger partial charge is 0.465 e. The summed E-state index contributed by atoms with van der Waals surface area (Å²) in [5, 5.41) is 10.4. The molecular formula is C27H18ClN3O2S. The average Bonchev–Trinajstić information content (AvgIpc) is 3.60. The number of furan rings is 1. The number of nitrogens with zero attached hydrogens (tertiary/aromatic N) is 3. The maximum absolute atomic E-state index is 12.6. The molecule has 0 bridgehead atoms. The van der Waals surface area contributed by atoms with Gasteiger partial charge in [0.1, 0.15) is 5.76 Å². The lowest BCUT2D eigenvalue weighted by atomic mass is 9.97. The Morgan fingerprint density at radius 3 is 2.62 bits per heavy atom. The topological polar surface area (TPSA) is 58.2 Å². The molecule has 0 saturated carbocycles. The molecule has 4 aromatic rings. The van der Waals surface area contributed by atoms with Crippen LogP contribution in [0.4, 0.5) is 0 Å². The Hall–Kier alpha value is -3.61. The van der Waals surface area contributed by atoms with Crippen LogP contribution in [0.5, 0.6) is 0 Å². The number of fused-ring (bicyclic) bond motifs is 1. The molecule has 2 aliphatic heterocycles. The number of hydrogen-bond acceptors (Lipinski definition) is 5. The molecule has 3 aromatic carbocycles. The first kappa shape index (κ1) is 21.0. The first-order chi connectivity index (χ1) is 16.6. The van der Waals surface area contributed by atoms with E-state index in [1.165, 1.54) is 17.1 Å². The normalized spacial score (nSPS) is 19.2. The van der Waals surface area contributed by atoms with E-state index in [1.807, 2.05) is 41.4 Å². The van der Waals surface area contributed by atoms with Crippen molar-refractivity contribution in [1.82, 2.24) is 5.01 Å². The van der Waals surface area contributed by atoms with Gasteiger partial charge in [-0.3, -0.25) is 4.79 Å². The zero-order valence-electron chi connectivity index (χ0n) is 17.9. The van der Waals surface area contributed by atoms with Gasteiger partial charge in [0.25, 0.3) is 5.91 Å². The highest BCUT2D eigenvalue weighted by atomic mass is 35.5. The Kier molecular flexibility index (Phi) is 5.32. The fourth-order valence-electron chi connectivity index (χ4n) is 4.17. The number of benzene rings is 3. The van der Waals surface area contributed by atoms with Crippen LogP contribution in [-0.4, -0.2) is 21.8 Å². The maximum atomic E-state index is 12.6. The van der Waals surface area contributed by atoms with Crippen molar-refractivity contribution in [2.24, 2.45) is 10.1 Å². The number of amides is 1. The Bertz CT molecular complexity index is 1490. The van der Waals surface area contributed by atoms with Crippen LogP contribution in [0.1, 0.15) is 29.3 Å². The molecule has 7 heteroatoms. The van der Waals surface area contributed by atoms with Crippen LogP contribution in [0, 0.1) is 0 Å². The van der Waals surface area contributed by atoms with Crippen LogP contribution >= 0.6 is 23.4 Å². The lowest BCUT2D eigenvalue weighted by Gasteiger charge is -2.22. The van der Waals surface area contributed by atoms with E-state index in [9.17, 15) is 4.79 Å². The van der Waals surface area contributed by atoms with Crippen molar-refractivity contribution in [3.8, 4) is 0 Å². The highest BCUT2D eigenvalue weighted by Gasteiger charge is 2.36. The molecule has 1 amide bonds. The van der Waals surface area contributed by atoms with E-state index >= 15 is 0 Å². The molecule has 34 heavy (non-hydrogen) atoms. The minimum Gasteiger partial charge on any atom is -0.465 e. The fourth-order valence-corrected chi connectivity index (χ4v) is 5.19. The zero-order chi connectivity index (χ0) is 23.1. The van der Waals surface area contributed by atoms with Gasteiger partial charge < -0.3 is 4.42 Å². The second kappa shape index (κ2) is 8.63. The quantitative estimate of drug-likeness (QED) is 0.297. The van der Waals surface area contributed by atoms with Crippen LogP contribution in [0.25, 0.3) is 16.8 Å².